The quantitative estimate of drug-likeness (QED) is 0.565. The van der Waals surface area contributed by atoms with Gasteiger partial charge in [0.15, 0.2) is 5.82 Å². The van der Waals surface area contributed by atoms with Crippen molar-refractivity contribution in [1.82, 2.24) is 25.3 Å². The molecule has 0 saturated carbocycles. The van der Waals surface area contributed by atoms with Crippen molar-refractivity contribution >= 4 is 0 Å². The first-order valence-electron chi connectivity index (χ1n) is 3.87. The number of aromatic nitrogens is 5. The van der Waals surface area contributed by atoms with Crippen LogP contribution in [0.1, 0.15) is 11.9 Å². The van der Waals surface area contributed by atoms with Crippen LogP contribution in [0.3, 0.4) is 0 Å². The maximum atomic E-state index is 8.74. The number of rotatable bonds is 3. The summed E-state index contributed by atoms with van der Waals surface area (Å²) in [6.45, 7) is -0.252. The van der Waals surface area contributed by atoms with Crippen molar-refractivity contribution in [3.05, 3.63) is 12.2 Å². The normalized spacial score (nSPS) is 13.0. The summed E-state index contributed by atoms with van der Waals surface area (Å²) < 4.78 is 4.81. The molecular formula is C6H8N6O2. The lowest BCUT2D eigenvalue weighted by Crippen LogP contribution is -2.14. The van der Waals surface area contributed by atoms with Gasteiger partial charge in [0.05, 0.1) is 6.61 Å². The van der Waals surface area contributed by atoms with Crippen LogP contribution in [0.15, 0.2) is 10.9 Å². The fourth-order valence-corrected chi connectivity index (χ4v) is 0.873. The second kappa shape index (κ2) is 3.52. The number of aliphatic hydroxyl groups is 1. The standard InChI is InChI=1S/C6H8N6O2/c7-3(1-13)6-10-5(12-14-6)4-8-2-9-11-4/h2-3,13H,1,7H2,(H,8,9,11)/t3-/m1/s1. The zero-order chi connectivity index (χ0) is 9.97. The molecule has 0 bridgehead atoms. The SMILES string of the molecule is N[C@H](CO)c1nc(-c2ncn[nH]2)no1. The minimum Gasteiger partial charge on any atom is -0.394 e. The topological polar surface area (TPSA) is 127 Å². The highest BCUT2D eigenvalue weighted by atomic mass is 16.5. The maximum Gasteiger partial charge on any atom is 0.246 e. The third-order valence-electron chi connectivity index (χ3n) is 1.58. The molecule has 2 aromatic heterocycles. The van der Waals surface area contributed by atoms with Gasteiger partial charge in [-0.25, -0.2) is 4.98 Å². The van der Waals surface area contributed by atoms with Crippen LogP contribution < -0.4 is 5.73 Å². The first kappa shape index (κ1) is 8.78. The summed E-state index contributed by atoms with van der Waals surface area (Å²) in [4.78, 5) is 7.76. The Bertz CT molecular complexity index is 396. The minimum absolute atomic E-state index is 0.166. The summed E-state index contributed by atoms with van der Waals surface area (Å²) in [5, 5.41) is 18.6. The van der Waals surface area contributed by atoms with Gasteiger partial charge in [-0.2, -0.15) is 10.1 Å². The summed E-state index contributed by atoms with van der Waals surface area (Å²) in [6.07, 6.45) is 1.33. The molecule has 4 N–H and O–H groups in total. The second-order valence-electron chi connectivity index (χ2n) is 2.58. The first-order chi connectivity index (χ1) is 6.81. The van der Waals surface area contributed by atoms with Gasteiger partial charge in [0.2, 0.25) is 11.7 Å². The Labute approximate surface area is 78.2 Å². The van der Waals surface area contributed by atoms with Crippen LogP contribution in [-0.2, 0) is 0 Å². The molecule has 0 unspecified atom stereocenters. The Morgan fingerprint density at radius 3 is 3.14 bits per heavy atom. The molecule has 8 heteroatoms. The summed E-state index contributed by atoms with van der Waals surface area (Å²) in [5.41, 5.74) is 5.47. The van der Waals surface area contributed by atoms with E-state index in [1.807, 2.05) is 0 Å². The molecule has 0 spiro atoms. The molecule has 14 heavy (non-hydrogen) atoms. The number of H-pyrrole nitrogens is 1. The van der Waals surface area contributed by atoms with Gasteiger partial charge in [-0.1, -0.05) is 5.16 Å². The molecule has 1 atom stereocenters. The molecule has 0 aliphatic rings. The minimum atomic E-state index is -0.667. The van der Waals surface area contributed by atoms with Crippen molar-refractivity contribution in [3.63, 3.8) is 0 Å². The molecule has 2 heterocycles. The molecule has 0 radical (unpaired) electrons. The van der Waals surface area contributed by atoms with Gasteiger partial charge < -0.3 is 15.4 Å². The Morgan fingerprint density at radius 1 is 1.64 bits per heavy atom. The van der Waals surface area contributed by atoms with E-state index in [9.17, 15) is 0 Å². The van der Waals surface area contributed by atoms with E-state index in [4.69, 9.17) is 15.4 Å². The average molecular weight is 196 g/mol. The van der Waals surface area contributed by atoms with Crippen molar-refractivity contribution in [1.29, 1.82) is 0 Å². The van der Waals surface area contributed by atoms with E-state index in [-0.39, 0.29) is 18.3 Å². The summed E-state index contributed by atoms with van der Waals surface area (Å²) in [7, 11) is 0. The third kappa shape index (κ3) is 1.47. The molecule has 74 valence electrons. The van der Waals surface area contributed by atoms with Crippen molar-refractivity contribution in [2.45, 2.75) is 6.04 Å². The van der Waals surface area contributed by atoms with E-state index < -0.39 is 6.04 Å². The largest absolute Gasteiger partial charge is 0.394 e. The van der Waals surface area contributed by atoms with E-state index in [1.165, 1.54) is 6.33 Å². The molecule has 0 aromatic carbocycles. The number of nitrogens with zero attached hydrogens (tertiary/aromatic N) is 4. The van der Waals surface area contributed by atoms with Crippen molar-refractivity contribution in [3.8, 4) is 11.6 Å². The van der Waals surface area contributed by atoms with Gasteiger partial charge in [0.1, 0.15) is 12.4 Å². The average Bonchev–Trinajstić information content (AvgIpc) is 2.86. The predicted molar refractivity (Wildman–Crippen MR) is 43.7 cm³/mol. The highest BCUT2D eigenvalue weighted by Gasteiger charge is 2.15. The van der Waals surface area contributed by atoms with Crippen LogP contribution in [0, 0.1) is 0 Å². The molecule has 0 aliphatic heterocycles. The Balaban J connectivity index is 2.26. The van der Waals surface area contributed by atoms with Crippen LogP contribution in [0.4, 0.5) is 0 Å². The predicted octanol–water partition coefficient (Wildman–Crippen LogP) is -1.15. The van der Waals surface area contributed by atoms with E-state index in [2.05, 4.69) is 25.3 Å². The van der Waals surface area contributed by atoms with Crippen LogP contribution in [0.2, 0.25) is 0 Å². The Hall–Kier alpha value is -1.80. The maximum absolute atomic E-state index is 8.74. The molecule has 8 nitrogen and oxygen atoms in total. The molecular weight excluding hydrogens is 188 g/mol. The van der Waals surface area contributed by atoms with Crippen molar-refractivity contribution < 1.29 is 9.63 Å². The third-order valence-corrected chi connectivity index (χ3v) is 1.58. The van der Waals surface area contributed by atoms with Gasteiger partial charge in [-0.3, -0.25) is 5.10 Å². The summed E-state index contributed by atoms with van der Waals surface area (Å²) >= 11 is 0. The smallest absolute Gasteiger partial charge is 0.246 e. The van der Waals surface area contributed by atoms with Gasteiger partial charge in [0.25, 0.3) is 0 Å². The van der Waals surface area contributed by atoms with Crippen molar-refractivity contribution in [2.75, 3.05) is 6.61 Å². The summed E-state index contributed by atoms with van der Waals surface area (Å²) in [5.74, 6) is 0.824. The molecule has 2 rings (SSSR count). The Kier molecular flexibility index (Phi) is 2.21. The highest BCUT2D eigenvalue weighted by molar-refractivity contribution is 5.39. The zero-order valence-electron chi connectivity index (χ0n) is 7.08. The lowest BCUT2D eigenvalue weighted by atomic mass is 10.3. The van der Waals surface area contributed by atoms with Gasteiger partial charge in [0, 0.05) is 0 Å². The van der Waals surface area contributed by atoms with Gasteiger partial charge in [-0.15, -0.1) is 0 Å². The lowest BCUT2D eigenvalue weighted by molar-refractivity contribution is 0.237. The fraction of sp³-hybridized carbons (Fsp3) is 0.333. The molecule has 0 fully saturated rings. The number of nitrogens with two attached hydrogens (primary N) is 1. The van der Waals surface area contributed by atoms with Crippen molar-refractivity contribution in [2.24, 2.45) is 5.73 Å². The summed E-state index contributed by atoms with van der Waals surface area (Å²) in [6, 6.07) is -0.667. The fourth-order valence-electron chi connectivity index (χ4n) is 0.873. The van der Waals surface area contributed by atoms with Crippen LogP contribution in [0.25, 0.3) is 11.6 Å². The van der Waals surface area contributed by atoms with E-state index in [0.29, 0.717) is 5.82 Å². The molecule has 0 saturated heterocycles. The number of aromatic amines is 1. The van der Waals surface area contributed by atoms with E-state index >= 15 is 0 Å². The number of hydrogen-bond acceptors (Lipinski definition) is 7. The number of aliphatic hydroxyl groups excluding tert-OH is 1. The zero-order valence-corrected chi connectivity index (χ0v) is 7.08. The molecule has 0 aliphatic carbocycles. The van der Waals surface area contributed by atoms with Gasteiger partial charge in [-0.05, 0) is 0 Å². The van der Waals surface area contributed by atoms with Crippen LogP contribution in [0.5, 0.6) is 0 Å². The highest BCUT2D eigenvalue weighted by Crippen LogP contribution is 2.12. The van der Waals surface area contributed by atoms with E-state index in [0.717, 1.165) is 0 Å². The second-order valence-corrected chi connectivity index (χ2v) is 2.58. The monoisotopic (exact) mass is 196 g/mol. The first-order valence-corrected chi connectivity index (χ1v) is 3.87. The molecule has 2 aromatic rings. The molecule has 0 amide bonds. The Morgan fingerprint density at radius 2 is 2.50 bits per heavy atom. The van der Waals surface area contributed by atoms with E-state index in [1.54, 1.807) is 0 Å². The van der Waals surface area contributed by atoms with Gasteiger partial charge >= 0.3 is 0 Å². The number of nitrogens with one attached hydrogen (secondary N) is 1. The number of hydrogen-bond donors (Lipinski definition) is 3. The lowest BCUT2D eigenvalue weighted by Gasteiger charge is -1.97. The van der Waals surface area contributed by atoms with Crippen LogP contribution >= 0.6 is 0 Å². The van der Waals surface area contributed by atoms with Crippen LogP contribution in [-0.4, -0.2) is 37.0 Å².